The van der Waals surface area contributed by atoms with E-state index in [0.29, 0.717) is 48.5 Å². The minimum atomic E-state index is -3.34. The zero-order chi connectivity index (χ0) is 25.4. The molecule has 0 aliphatic rings. The number of hydrogen-bond acceptors (Lipinski definition) is 9. The van der Waals surface area contributed by atoms with Gasteiger partial charge in [-0.3, -0.25) is 9.59 Å². The van der Waals surface area contributed by atoms with Crippen LogP contribution >= 0.6 is 11.3 Å². The van der Waals surface area contributed by atoms with Gasteiger partial charge < -0.3 is 21.3 Å². The summed E-state index contributed by atoms with van der Waals surface area (Å²) in [5.41, 5.74) is 1.66. The van der Waals surface area contributed by atoms with Gasteiger partial charge in [-0.25, -0.2) is 18.4 Å². The van der Waals surface area contributed by atoms with E-state index < -0.39 is 9.84 Å². The maximum Gasteiger partial charge on any atom is 0.261 e. The SMILES string of the molecule is CC(=O)NCCNc1nc(-c2ccccc2)nc(NCCNC(=O)c2ccc(S(C)(=O)=O)s2)c1C. The number of carbonyl (C=O) groups excluding carboxylic acids is 2. The second-order valence-corrected chi connectivity index (χ2v) is 11.0. The van der Waals surface area contributed by atoms with Crippen LogP contribution in [0.4, 0.5) is 11.6 Å². The summed E-state index contributed by atoms with van der Waals surface area (Å²) >= 11 is 0.942. The fraction of sp³-hybridized carbons (Fsp3) is 0.304. The molecule has 0 aliphatic heterocycles. The highest BCUT2D eigenvalue weighted by molar-refractivity contribution is 7.92. The quantitative estimate of drug-likeness (QED) is 0.285. The molecule has 0 bridgehead atoms. The lowest BCUT2D eigenvalue weighted by atomic mass is 10.2. The molecular weight excluding hydrogens is 488 g/mol. The molecule has 0 unspecified atom stereocenters. The first-order chi connectivity index (χ1) is 16.6. The molecule has 0 fully saturated rings. The second kappa shape index (κ2) is 11.8. The molecule has 2 heterocycles. The minimum absolute atomic E-state index is 0.101. The third-order valence-electron chi connectivity index (χ3n) is 4.84. The molecule has 0 spiro atoms. The Morgan fingerprint density at radius 2 is 1.49 bits per heavy atom. The first kappa shape index (κ1) is 26.1. The van der Waals surface area contributed by atoms with Crippen molar-refractivity contribution in [2.75, 3.05) is 43.1 Å². The highest BCUT2D eigenvalue weighted by Gasteiger charge is 2.15. The van der Waals surface area contributed by atoms with Crippen molar-refractivity contribution in [2.24, 2.45) is 0 Å². The monoisotopic (exact) mass is 516 g/mol. The third kappa shape index (κ3) is 7.49. The Morgan fingerprint density at radius 1 is 0.886 bits per heavy atom. The van der Waals surface area contributed by atoms with Crippen molar-refractivity contribution in [1.82, 2.24) is 20.6 Å². The van der Waals surface area contributed by atoms with Crippen LogP contribution in [0, 0.1) is 6.92 Å². The van der Waals surface area contributed by atoms with Crippen LogP contribution < -0.4 is 21.3 Å². The molecule has 0 saturated heterocycles. The van der Waals surface area contributed by atoms with Gasteiger partial charge in [0.15, 0.2) is 15.7 Å². The van der Waals surface area contributed by atoms with Crippen LogP contribution in [0.5, 0.6) is 0 Å². The lowest BCUT2D eigenvalue weighted by Crippen LogP contribution is -2.28. The average molecular weight is 517 g/mol. The van der Waals surface area contributed by atoms with Gasteiger partial charge in [0.25, 0.3) is 5.91 Å². The van der Waals surface area contributed by atoms with Gasteiger partial charge in [-0.2, -0.15) is 0 Å². The summed E-state index contributed by atoms with van der Waals surface area (Å²) in [6, 6.07) is 12.5. The molecule has 0 saturated carbocycles. The van der Waals surface area contributed by atoms with E-state index in [1.807, 2.05) is 37.3 Å². The number of nitrogens with one attached hydrogen (secondary N) is 4. The number of carbonyl (C=O) groups is 2. The lowest BCUT2D eigenvalue weighted by molar-refractivity contribution is -0.118. The first-order valence-electron chi connectivity index (χ1n) is 10.9. The van der Waals surface area contributed by atoms with E-state index in [1.54, 1.807) is 0 Å². The number of amides is 2. The number of anilines is 2. The van der Waals surface area contributed by atoms with Crippen LogP contribution in [0.2, 0.25) is 0 Å². The van der Waals surface area contributed by atoms with Gasteiger partial charge >= 0.3 is 0 Å². The van der Waals surface area contributed by atoms with E-state index in [1.165, 1.54) is 19.1 Å². The topological polar surface area (TPSA) is 142 Å². The molecule has 10 nitrogen and oxygen atoms in total. The Morgan fingerprint density at radius 3 is 2.03 bits per heavy atom. The van der Waals surface area contributed by atoms with E-state index in [4.69, 9.17) is 0 Å². The first-order valence-corrected chi connectivity index (χ1v) is 13.6. The number of hydrogen-bond donors (Lipinski definition) is 4. The number of thiophene rings is 1. The van der Waals surface area contributed by atoms with Crippen molar-refractivity contribution in [2.45, 2.75) is 18.1 Å². The van der Waals surface area contributed by atoms with Crippen LogP contribution in [0.3, 0.4) is 0 Å². The summed E-state index contributed by atoms with van der Waals surface area (Å²) in [5, 5.41) is 12.0. The van der Waals surface area contributed by atoms with Gasteiger partial charge in [-0.15, -0.1) is 11.3 Å². The molecule has 1 aromatic carbocycles. The van der Waals surface area contributed by atoms with E-state index in [0.717, 1.165) is 28.7 Å². The number of nitrogens with zero attached hydrogens (tertiary/aromatic N) is 2. The van der Waals surface area contributed by atoms with E-state index >= 15 is 0 Å². The van der Waals surface area contributed by atoms with Crippen molar-refractivity contribution < 1.29 is 18.0 Å². The van der Waals surface area contributed by atoms with Gasteiger partial charge in [0.1, 0.15) is 15.8 Å². The number of rotatable bonds is 11. The van der Waals surface area contributed by atoms with Crippen LogP contribution in [-0.2, 0) is 14.6 Å². The third-order valence-corrected chi connectivity index (χ3v) is 7.75. The van der Waals surface area contributed by atoms with Crippen molar-refractivity contribution >= 4 is 44.6 Å². The van der Waals surface area contributed by atoms with Crippen LogP contribution in [0.1, 0.15) is 22.2 Å². The molecular formula is C23H28N6O4S2. The Bertz CT molecular complexity index is 1290. The molecule has 12 heteroatoms. The average Bonchev–Trinajstić information content (AvgIpc) is 3.33. The fourth-order valence-corrected chi connectivity index (χ4v) is 4.93. The number of aromatic nitrogens is 2. The highest BCUT2D eigenvalue weighted by Crippen LogP contribution is 2.25. The summed E-state index contributed by atoms with van der Waals surface area (Å²) in [7, 11) is -3.34. The van der Waals surface area contributed by atoms with Gasteiger partial charge in [0.2, 0.25) is 5.91 Å². The zero-order valence-corrected chi connectivity index (χ0v) is 21.3. The molecule has 2 aromatic heterocycles. The molecule has 186 valence electrons. The number of sulfone groups is 1. The Balaban J connectivity index is 1.67. The van der Waals surface area contributed by atoms with Gasteiger partial charge in [-0.1, -0.05) is 30.3 Å². The lowest BCUT2D eigenvalue weighted by Gasteiger charge is -2.16. The van der Waals surface area contributed by atoms with Crippen LogP contribution in [0.25, 0.3) is 11.4 Å². The molecule has 2 amide bonds. The fourth-order valence-electron chi connectivity index (χ4n) is 3.08. The van der Waals surface area contributed by atoms with E-state index in [2.05, 4.69) is 31.2 Å². The summed E-state index contributed by atoms with van der Waals surface area (Å²) in [5.74, 6) is 1.36. The maximum atomic E-state index is 12.4. The summed E-state index contributed by atoms with van der Waals surface area (Å²) < 4.78 is 23.4. The van der Waals surface area contributed by atoms with Gasteiger partial charge in [-0.05, 0) is 19.1 Å². The number of benzene rings is 1. The van der Waals surface area contributed by atoms with Crippen molar-refractivity contribution in [3.63, 3.8) is 0 Å². The second-order valence-electron chi connectivity index (χ2n) is 7.72. The van der Waals surface area contributed by atoms with E-state index in [9.17, 15) is 18.0 Å². The molecule has 4 N–H and O–H groups in total. The van der Waals surface area contributed by atoms with Crippen molar-refractivity contribution in [3.8, 4) is 11.4 Å². The zero-order valence-electron chi connectivity index (χ0n) is 19.7. The largest absolute Gasteiger partial charge is 0.368 e. The standard InChI is InChI=1S/C23H28N6O4S2/c1-15-20(25-12-11-24-16(2)30)28-22(17-7-5-4-6-8-17)29-21(15)26-13-14-27-23(31)18-9-10-19(34-18)35(3,32)33/h4-10H,11-14H2,1-3H3,(H,24,30)(H,27,31)(H2,25,26,28,29). The molecule has 0 radical (unpaired) electrons. The Hall–Kier alpha value is -3.51. The van der Waals surface area contributed by atoms with E-state index in [-0.39, 0.29) is 16.0 Å². The summed E-state index contributed by atoms with van der Waals surface area (Å²) in [6.07, 6.45) is 1.11. The predicted octanol–water partition coefficient (Wildman–Crippen LogP) is 2.31. The normalized spacial score (nSPS) is 11.1. The smallest absolute Gasteiger partial charge is 0.261 e. The molecule has 0 atom stereocenters. The molecule has 0 aliphatic carbocycles. The van der Waals surface area contributed by atoms with Gasteiger partial charge in [0.05, 0.1) is 4.88 Å². The summed E-state index contributed by atoms with van der Waals surface area (Å²) in [4.78, 5) is 33.1. The molecule has 3 rings (SSSR count). The molecule has 3 aromatic rings. The van der Waals surface area contributed by atoms with Crippen LogP contribution in [0.15, 0.2) is 46.7 Å². The molecule has 35 heavy (non-hydrogen) atoms. The Kier molecular flexibility index (Phi) is 8.77. The predicted molar refractivity (Wildman–Crippen MR) is 138 cm³/mol. The van der Waals surface area contributed by atoms with Crippen LogP contribution in [-0.4, -0.2) is 62.6 Å². The van der Waals surface area contributed by atoms with Crippen molar-refractivity contribution in [1.29, 1.82) is 0 Å². The summed E-state index contributed by atoms with van der Waals surface area (Å²) in [6.45, 7) is 5.01. The minimum Gasteiger partial charge on any atom is -0.368 e. The highest BCUT2D eigenvalue weighted by atomic mass is 32.2. The Labute approximate surface area is 208 Å². The van der Waals surface area contributed by atoms with Crippen molar-refractivity contribution in [3.05, 3.63) is 52.9 Å². The van der Waals surface area contributed by atoms with Gasteiger partial charge in [0, 0.05) is 50.5 Å². The maximum absolute atomic E-state index is 12.4.